The maximum absolute atomic E-state index is 13.8. The van der Waals surface area contributed by atoms with Crippen LogP contribution in [0, 0.1) is 18.6 Å². The Bertz CT molecular complexity index is 1200. The van der Waals surface area contributed by atoms with E-state index in [1.54, 1.807) is 32.2 Å². The quantitative estimate of drug-likeness (QED) is 0.400. The lowest BCUT2D eigenvalue weighted by molar-refractivity contribution is 0.101. The van der Waals surface area contributed by atoms with E-state index in [0.29, 0.717) is 33.9 Å². The molecule has 0 unspecified atom stereocenters. The molecule has 0 fully saturated rings. The van der Waals surface area contributed by atoms with Gasteiger partial charge in [0.25, 0.3) is 0 Å². The highest BCUT2D eigenvalue weighted by Gasteiger charge is 2.30. The molecule has 0 amide bonds. The van der Waals surface area contributed by atoms with Crippen molar-refractivity contribution < 1.29 is 27.8 Å². The fraction of sp³-hybridized carbons (Fsp3) is 0.125. The maximum Gasteiger partial charge on any atom is 0.232 e. The lowest BCUT2D eigenvalue weighted by Gasteiger charge is -2.10. The van der Waals surface area contributed by atoms with Crippen molar-refractivity contribution in [2.45, 2.75) is 13.5 Å². The number of ketones is 1. The number of carbonyl (C=O) groups is 1. The Labute approximate surface area is 186 Å². The normalized spacial score (nSPS) is 13.8. The lowest BCUT2D eigenvalue weighted by Crippen LogP contribution is -2.02. The van der Waals surface area contributed by atoms with Crippen LogP contribution in [0.5, 0.6) is 17.2 Å². The summed E-state index contributed by atoms with van der Waals surface area (Å²) in [6, 6.07) is 12.2. The number of halogens is 3. The van der Waals surface area contributed by atoms with Crippen LogP contribution < -0.4 is 14.2 Å². The van der Waals surface area contributed by atoms with Crippen LogP contribution in [-0.4, -0.2) is 12.9 Å². The van der Waals surface area contributed by atoms with Crippen molar-refractivity contribution in [2.24, 2.45) is 0 Å². The van der Waals surface area contributed by atoms with Gasteiger partial charge in [0.15, 0.2) is 5.76 Å². The zero-order chi connectivity index (χ0) is 22.1. The largest absolute Gasteiger partial charge is 0.496 e. The first kappa shape index (κ1) is 21.1. The molecular weight excluding hydrogens is 470 g/mol. The summed E-state index contributed by atoms with van der Waals surface area (Å²) in [5, 5.41) is 0. The Balaban J connectivity index is 1.62. The minimum Gasteiger partial charge on any atom is -0.496 e. The van der Waals surface area contributed by atoms with E-state index in [1.165, 1.54) is 24.3 Å². The van der Waals surface area contributed by atoms with Crippen LogP contribution in [0.3, 0.4) is 0 Å². The summed E-state index contributed by atoms with van der Waals surface area (Å²) in [7, 11) is 1.55. The average Bonchev–Trinajstić information content (AvgIpc) is 3.03. The zero-order valence-electron chi connectivity index (χ0n) is 16.7. The lowest BCUT2D eigenvalue weighted by atomic mass is 10.0. The number of Topliss-reactive ketones (excluding diaryl/α,β-unsaturated/α-hetero) is 1. The minimum absolute atomic E-state index is 0.145. The number of allylic oxidation sites excluding steroid dienone is 1. The number of carbonyl (C=O) groups excluding carboxylic acids is 1. The third-order valence-electron chi connectivity index (χ3n) is 4.87. The Morgan fingerprint density at radius 1 is 1.10 bits per heavy atom. The van der Waals surface area contributed by atoms with E-state index in [0.717, 1.165) is 4.47 Å². The number of rotatable bonds is 5. The van der Waals surface area contributed by atoms with Gasteiger partial charge in [0.2, 0.25) is 5.78 Å². The van der Waals surface area contributed by atoms with E-state index in [9.17, 15) is 13.6 Å². The van der Waals surface area contributed by atoms with E-state index in [1.807, 2.05) is 12.1 Å². The molecule has 3 aromatic rings. The van der Waals surface area contributed by atoms with Gasteiger partial charge >= 0.3 is 0 Å². The first-order valence-corrected chi connectivity index (χ1v) is 10.1. The SMILES string of the molecule is COc1ccc(Br)cc1/C=C1\Oc2cc(OCc3c(F)cccc3F)cc(C)c2C1=O. The molecule has 0 saturated heterocycles. The second-order valence-electron chi connectivity index (χ2n) is 6.93. The molecule has 3 aromatic carbocycles. The molecule has 0 atom stereocenters. The summed E-state index contributed by atoms with van der Waals surface area (Å²) in [6.45, 7) is 1.46. The van der Waals surface area contributed by atoms with E-state index in [-0.39, 0.29) is 23.7 Å². The first-order chi connectivity index (χ1) is 14.9. The number of hydrogen-bond acceptors (Lipinski definition) is 4. The van der Waals surface area contributed by atoms with Crippen molar-refractivity contribution >= 4 is 27.8 Å². The molecule has 0 bridgehead atoms. The highest BCUT2D eigenvalue weighted by atomic mass is 79.9. The molecule has 158 valence electrons. The molecule has 0 saturated carbocycles. The molecule has 1 heterocycles. The van der Waals surface area contributed by atoms with Gasteiger partial charge in [-0.2, -0.15) is 0 Å². The molecule has 31 heavy (non-hydrogen) atoms. The number of ether oxygens (including phenoxy) is 3. The van der Waals surface area contributed by atoms with Gasteiger partial charge in [0, 0.05) is 16.1 Å². The maximum atomic E-state index is 13.8. The van der Waals surface area contributed by atoms with Crippen molar-refractivity contribution in [2.75, 3.05) is 7.11 Å². The molecule has 0 N–H and O–H groups in total. The van der Waals surface area contributed by atoms with Gasteiger partial charge in [-0.05, 0) is 55.0 Å². The van der Waals surface area contributed by atoms with Crippen molar-refractivity contribution in [3.05, 3.63) is 92.7 Å². The average molecular weight is 487 g/mol. The summed E-state index contributed by atoms with van der Waals surface area (Å²) in [5.41, 5.74) is 1.57. The monoisotopic (exact) mass is 486 g/mol. The van der Waals surface area contributed by atoms with E-state index < -0.39 is 11.6 Å². The smallest absolute Gasteiger partial charge is 0.232 e. The molecule has 1 aliphatic rings. The molecule has 0 spiro atoms. The molecule has 4 nitrogen and oxygen atoms in total. The fourth-order valence-corrected chi connectivity index (χ4v) is 3.72. The van der Waals surface area contributed by atoms with Crippen LogP contribution in [0.25, 0.3) is 6.08 Å². The second kappa shape index (κ2) is 8.51. The van der Waals surface area contributed by atoms with Crippen molar-refractivity contribution in [1.82, 2.24) is 0 Å². The molecule has 0 radical (unpaired) electrons. The van der Waals surface area contributed by atoms with Gasteiger partial charge in [-0.3, -0.25) is 4.79 Å². The van der Waals surface area contributed by atoms with Crippen LogP contribution in [0.2, 0.25) is 0 Å². The third kappa shape index (κ3) is 4.18. The van der Waals surface area contributed by atoms with Crippen LogP contribution >= 0.6 is 15.9 Å². The Morgan fingerprint density at radius 2 is 1.84 bits per heavy atom. The molecule has 0 aliphatic carbocycles. The van der Waals surface area contributed by atoms with Crippen LogP contribution in [-0.2, 0) is 6.61 Å². The van der Waals surface area contributed by atoms with E-state index in [4.69, 9.17) is 14.2 Å². The highest BCUT2D eigenvalue weighted by molar-refractivity contribution is 9.10. The summed E-state index contributed by atoms with van der Waals surface area (Å²) in [6.07, 6.45) is 1.61. The predicted molar refractivity (Wildman–Crippen MR) is 115 cm³/mol. The number of benzene rings is 3. The third-order valence-corrected chi connectivity index (χ3v) is 5.36. The highest BCUT2D eigenvalue weighted by Crippen LogP contribution is 2.38. The van der Waals surface area contributed by atoms with E-state index >= 15 is 0 Å². The van der Waals surface area contributed by atoms with Gasteiger partial charge in [0.05, 0.1) is 18.2 Å². The standard InChI is InChI=1S/C24H17BrF2O4/c1-13-8-16(30-12-17-18(26)4-3-5-19(17)27)11-21-23(13)24(28)22(31-21)10-14-9-15(25)6-7-20(14)29-2/h3-11H,12H2,1-2H3/b22-10-. The predicted octanol–water partition coefficient (Wildman–Crippen LogP) is 6.24. The van der Waals surface area contributed by atoms with E-state index in [2.05, 4.69) is 15.9 Å². The van der Waals surface area contributed by atoms with Gasteiger partial charge < -0.3 is 14.2 Å². The van der Waals surface area contributed by atoms with Crippen LogP contribution in [0.4, 0.5) is 8.78 Å². The Morgan fingerprint density at radius 3 is 2.55 bits per heavy atom. The molecule has 1 aliphatic heterocycles. The van der Waals surface area contributed by atoms with Crippen molar-refractivity contribution in [3.8, 4) is 17.2 Å². The number of aryl methyl sites for hydroxylation is 1. The van der Waals surface area contributed by atoms with Crippen molar-refractivity contribution in [1.29, 1.82) is 0 Å². The summed E-state index contributed by atoms with van der Waals surface area (Å²) >= 11 is 3.41. The van der Waals surface area contributed by atoms with Gasteiger partial charge in [-0.1, -0.05) is 22.0 Å². The molecule has 7 heteroatoms. The Kier molecular flexibility index (Phi) is 5.78. The molecule has 0 aromatic heterocycles. The molecular formula is C24H17BrF2O4. The van der Waals surface area contributed by atoms with Gasteiger partial charge in [0.1, 0.15) is 35.5 Å². The summed E-state index contributed by atoms with van der Waals surface area (Å²) in [5.74, 6) is -0.221. The summed E-state index contributed by atoms with van der Waals surface area (Å²) < 4.78 is 45.2. The van der Waals surface area contributed by atoms with Crippen LogP contribution in [0.15, 0.2) is 58.8 Å². The van der Waals surface area contributed by atoms with Crippen LogP contribution in [0.1, 0.15) is 27.0 Å². The topological polar surface area (TPSA) is 44.8 Å². The summed E-state index contributed by atoms with van der Waals surface area (Å²) in [4.78, 5) is 12.9. The Hall–Kier alpha value is -3.19. The zero-order valence-corrected chi connectivity index (χ0v) is 18.3. The number of methoxy groups -OCH3 is 1. The van der Waals surface area contributed by atoms with Crippen molar-refractivity contribution in [3.63, 3.8) is 0 Å². The number of fused-ring (bicyclic) bond motifs is 1. The minimum atomic E-state index is -0.683. The first-order valence-electron chi connectivity index (χ1n) is 9.35. The fourth-order valence-electron chi connectivity index (χ4n) is 3.35. The molecule has 4 rings (SSSR count). The number of hydrogen-bond donors (Lipinski definition) is 0. The van der Waals surface area contributed by atoms with Gasteiger partial charge in [-0.15, -0.1) is 0 Å². The second-order valence-corrected chi connectivity index (χ2v) is 7.84. The van der Waals surface area contributed by atoms with Gasteiger partial charge in [-0.25, -0.2) is 8.78 Å².